The van der Waals surface area contributed by atoms with Gasteiger partial charge in [-0.05, 0) is 70.2 Å². The lowest BCUT2D eigenvalue weighted by atomic mass is 10.00. The SMILES string of the molecule is CCC1CCCCN1CCCNC(=O)c1cc(=O)[nH]c2ccc(S(=O)(=O)N3CCCCC3C)cc12. The Bertz CT molecular complexity index is 1210. The van der Waals surface area contributed by atoms with E-state index >= 15 is 0 Å². The van der Waals surface area contributed by atoms with E-state index in [0.29, 0.717) is 30.0 Å². The molecule has 35 heavy (non-hydrogen) atoms. The Labute approximate surface area is 208 Å². The van der Waals surface area contributed by atoms with Crippen LogP contribution in [0.25, 0.3) is 10.9 Å². The van der Waals surface area contributed by atoms with E-state index < -0.39 is 10.0 Å². The standard InChI is InChI=1S/C26H38N4O4S/c1-3-20-10-5-6-14-29(20)15-8-13-27-26(32)23-18-25(31)28-24-12-11-21(17-22(23)24)35(33,34)30-16-7-4-9-19(30)2/h11-12,17-20H,3-10,13-16H2,1-2H3,(H,27,32)(H,28,31). The number of carbonyl (C=O) groups excluding carboxylic acids is 1. The minimum absolute atomic E-state index is 0.0602. The number of amides is 1. The van der Waals surface area contributed by atoms with Crippen LogP contribution in [-0.2, 0) is 10.0 Å². The van der Waals surface area contributed by atoms with E-state index in [1.807, 2.05) is 6.92 Å². The molecule has 2 N–H and O–H groups in total. The third-order valence-electron chi connectivity index (χ3n) is 7.54. The van der Waals surface area contributed by atoms with Crippen molar-refractivity contribution in [3.63, 3.8) is 0 Å². The number of piperidine rings is 2. The summed E-state index contributed by atoms with van der Waals surface area (Å²) in [6.45, 7) is 7.20. The van der Waals surface area contributed by atoms with Crippen LogP contribution < -0.4 is 10.9 Å². The average Bonchev–Trinajstić information content (AvgIpc) is 2.86. The summed E-state index contributed by atoms with van der Waals surface area (Å²) >= 11 is 0. The van der Waals surface area contributed by atoms with E-state index in [-0.39, 0.29) is 28.0 Å². The molecule has 9 heteroatoms. The van der Waals surface area contributed by atoms with Crippen LogP contribution in [0.15, 0.2) is 34.0 Å². The molecule has 2 fully saturated rings. The van der Waals surface area contributed by atoms with Gasteiger partial charge >= 0.3 is 0 Å². The van der Waals surface area contributed by atoms with Crippen LogP contribution in [0.2, 0.25) is 0 Å². The number of fused-ring (bicyclic) bond motifs is 1. The van der Waals surface area contributed by atoms with Gasteiger partial charge in [0, 0.05) is 48.7 Å². The quantitative estimate of drug-likeness (QED) is 0.538. The number of aromatic nitrogens is 1. The summed E-state index contributed by atoms with van der Waals surface area (Å²) in [5.74, 6) is -0.354. The molecule has 0 aliphatic carbocycles. The summed E-state index contributed by atoms with van der Waals surface area (Å²) in [6.07, 6.45) is 8.43. The van der Waals surface area contributed by atoms with Gasteiger partial charge in [-0.2, -0.15) is 4.31 Å². The predicted molar refractivity (Wildman–Crippen MR) is 138 cm³/mol. The molecule has 0 spiro atoms. The third kappa shape index (κ3) is 5.78. The highest BCUT2D eigenvalue weighted by molar-refractivity contribution is 7.89. The summed E-state index contributed by atoms with van der Waals surface area (Å²) in [5.41, 5.74) is 0.270. The average molecular weight is 503 g/mol. The van der Waals surface area contributed by atoms with E-state index in [4.69, 9.17) is 0 Å². The number of pyridine rings is 1. The van der Waals surface area contributed by atoms with E-state index in [1.165, 1.54) is 37.5 Å². The number of likely N-dealkylation sites (tertiary alicyclic amines) is 1. The molecule has 1 amide bonds. The summed E-state index contributed by atoms with van der Waals surface area (Å²) in [7, 11) is -3.69. The third-order valence-corrected chi connectivity index (χ3v) is 9.55. The number of hydrogen-bond donors (Lipinski definition) is 2. The molecule has 2 aliphatic heterocycles. The van der Waals surface area contributed by atoms with Crippen molar-refractivity contribution in [2.75, 3.05) is 26.2 Å². The van der Waals surface area contributed by atoms with Gasteiger partial charge in [-0.3, -0.25) is 9.59 Å². The Morgan fingerprint density at radius 2 is 1.89 bits per heavy atom. The first-order valence-corrected chi connectivity index (χ1v) is 14.5. The number of aromatic amines is 1. The van der Waals surface area contributed by atoms with Gasteiger partial charge in [-0.25, -0.2) is 8.42 Å². The van der Waals surface area contributed by atoms with Crippen molar-refractivity contribution in [2.45, 2.75) is 82.2 Å². The molecule has 2 aliphatic rings. The number of H-pyrrole nitrogens is 1. The maximum Gasteiger partial charge on any atom is 0.252 e. The van der Waals surface area contributed by atoms with Crippen molar-refractivity contribution in [2.24, 2.45) is 0 Å². The lowest BCUT2D eigenvalue weighted by molar-refractivity contribution is 0.0948. The molecule has 0 bridgehead atoms. The summed E-state index contributed by atoms with van der Waals surface area (Å²) in [5, 5.41) is 3.38. The maximum absolute atomic E-state index is 13.4. The Hall–Kier alpha value is -2.23. The van der Waals surface area contributed by atoms with Crippen LogP contribution >= 0.6 is 0 Å². The summed E-state index contributed by atoms with van der Waals surface area (Å²) < 4.78 is 28.3. The number of nitrogens with one attached hydrogen (secondary N) is 2. The number of hydrogen-bond acceptors (Lipinski definition) is 5. The van der Waals surface area contributed by atoms with Crippen LogP contribution in [-0.4, -0.2) is 66.8 Å². The minimum Gasteiger partial charge on any atom is -0.352 e. The second-order valence-corrected chi connectivity index (χ2v) is 11.8. The molecule has 8 nitrogen and oxygen atoms in total. The molecule has 2 aromatic rings. The van der Waals surface area contributed by atoms with Crippen molar-refractivity contribution < 1.29 is 13.2 Å². The van der Waals surface area contributed by atoms with Crippen LogP contribution in [0.1, 0.15) is 75.6 Å². The lowest BCUT2D eigenvalue weighted by Crippen LogP contribution is -2.41. The second kappa shape index (κ2) is 11.2. The van der Waals surface area contributed by atoms with Crippen LogP contribution in [0.5, 0.6) is 0 Å². The molecule has 2 unspecified atom stereocenters. The summed E-state index contributed by atoms with van der Waals surface area (Å²) in [4.78, 5) is 30.7. The van der Waals surface area contributed by atoms with Gasteiger partial charge in [0.25, 0.3) is 5.91 Å². The smallest absolute Gasteiger partial charge is 0.252 e. The van der Waals surface area contributed by atoms with Gasteiger partial charge in [-0.15, -0.1) is 0 Å². The molecule has 2 atom stereocenters. The zero-order chi connectivity index (χ0) is 25.0. The zero-order valence-electron chi connectivity index (χ0n) is 20.9. The van der Waals surface area contributed by atoms with Crippen LogP contribution in [0.3, 0.4) is 0 Å². The molecule has 0 saturated carbocycles. The topological polar surface area (TPSA) is 103 Å². The number of sulfonamides is 1. The fourth-order valence-corrected chi connectivity index (χ4v) is 7.27. The molecular weight excluding hydrogens is 464 g/mol. The molecule has 3 heterocycles. The first kappa shape index (κ1) is 25.9. The molecule has 1 aromatic heterocycles. The fourth-order valence-electron chi connectivity index (χ4n) is 5.54. The highest BCUT2D eigenvalue weighted by atomic mass is 32.2. The molecule has 192 valence electrons. The van der Waals surface area contributed by atoms with Crippen LogP contribution in [0, 0.1) is 0 Å². The van der Waals surface area contributed by atoms with Gasteiger partial charge in [0.2, 0.25) is 15.6 Å². The molecular formula is C26H38N4O4S. The molecule has 0 radical (unpaired) electrons. The molecule has 1 aromatic carbocycles. The van der Waals surface area contributed by atoms with Gasteiger partial charge in [-0.1, -0.05) is 19.8 Å². The van der Waals surface area contributed by atoms with Gasteiger partial charge < -0.3 is 15.2 Å². The summed E-state index contributed by atoms with van der Waals surface area (Å²) in [6, 6.07) is 6.44. The van der Waals surface area contributed by atoms with E-state index in [1.54, 1.807) is 10.4 Å². The molecule has 4 rings (SSSR count). The predicted octanol–water partition coefficient (Wildman–Crippen LogP) is 3.48. The monoisotopic (exact) mass is 502 g/mol. The fraction of sp³-hybridized carbons (Fsp3) is 0.615. The lowest BCUT2D eigenvalue weighted by Gasteiger charge is -2.35. The van der Waals surface area contributed by atoms with E-state index in [0.717, 1.165) is 45.2 Å². The second-order valence-electron chi connectivity index (χ2n) is 9.92. The van der Waals surface area contributed by atoms with Crippen molar-refractivity contribution in [1.29, 1.82) is 0 Å². The van der Waals surface area contributed by atoms with Gasteiger partial charge in [0.15, 0.2) is 0 Å². The van der Waals surface area contributed by atoms with E-state index in [9.17, 15) is 18.0 Å². The van der Waals surface area contributed by atoms with Crippen molar-refractivity contribution >= 4 is 26.8 Å². The molecule has 2 saturated heterocycles. The van der Waals surface area contributed by atoms with Crippen molar-refractivity contribution in [3.05, 3.63) is 40.2 Å². The number of benzene rings is 1. The Kier molecular flexibility index (Phi) is 8.29. The van der Waals surface area contributed by atoms with Gasteiger partial charge in [0.05, 0.1) is 10.5 Å². The number of nitrogens with zero attached hydrogens (tertiary/aromatic N) is 2. The Morgan fingerprint density at radius 1 is 1.11 bits per heavy atom. The highest BCUT2D eigenvalue weighted by Crippen LogP contribution is 2.27. The largest absolute Gasteiger partial charge is 0.352 e. The van der Waals surface area contributed by atoms with Crippen molar-refractivity contribution in [1.82, 2.24) is 19.5 Å². The van der Waals surface area contributed by atoms with Crippen molar-refractivity contribution in [3.8, 4) is 0 Å². The highest BCUT2D eigenvalue weighted by Gasteiger charge is 2.31. The first-order chi connectivity index (χ1) is 16.8. The van der Waals surface area contributed by atoms with Gasteiger partial charge in [0.1, 0.15) is 0 Å². The Morgan fingerprint density at radius 3 is 2.66 bits per heavy atom. The Balaban J connectivity index is 1.51. The minimum atomic E-state index is -3.69. The zero-order valence-corrected chi connectivity index (χ0v) is 21.7. The number of carbonyl (C=O) groups is 1. The maximum atomic E-state index is 13.4. The van der Waals surface area contributed by atoms with Crippen LogP contribution in [0.4, 0.5) is 0 Å². The van der Waals surface area contributed by atoms with E-state index in [2.05, 4.69) is 22.1 Å². The number of rotatable bonds is 8. The normalized spacial score (nSPS) is 22.3. The first-order valence-electron chi connectivity index (χ1n) is 13.0.